The van der Waals surface area contributed by atoms with E-state index in [2.05, 4.69) is 23.8 Å². The van der Waals surface area contributed by atoms with Crippen molar-refractivity contribution in [3.63, 3.8) is 0 Å². The zero-order valence-corrected chi connectivity index (χ0v) is 8.43. The van der Waals surface area contributed by atoms with Gasteiger partial charge in [0.05, 0.1) is 0 Å². The molecule has 4 heteroatoms. The van der Waals surface area contributed by atoms with Crippen LogP contribution in [-0.2, 0) is 0 Å². The molecule has 0 aliphatic carbocycles. The predicted octanol–water partition coefficient (Wildman–Crippen LogP) is 0.718. The van der Waals surface area contributed by atoms with Gasteiger partial charge in [-0.1, -0.05) is 31.1 Å². The largest absolute Gasteiger partial charge is 0.325 e. The van der Waals surface area contributed by atoms with Gasteiger partial charge in [-0.2, -0.15) is 0 Å². The first-order chi connectivity index (χ1) is 4.85. The molecule has 60 valence electrons. The molecule has 0 aromatic carbocycles. The molecule has 0 saturated heterocycles. The summed E-state index contributed by atoms with van der Waals surface area (Å²) in [4.78, 5) is 6.68. The van der Waals surface area contributed by atoms with E-state index in [1.807, 2.05) is 5.70 Å². The van der Waals surface area contributed by atoms with Gasteiger partial charge in [-0.05, 0) is 18.6 Å². The van der Waals surface area contributed by atoms with Crippen molar-refractivity contribution in [3.8, 4) is 0 Å². The highest BCUT2D eigenvalue weighted by Gasteiger charge is 2.00. The van der Waals surface area contributed by atoms with E-state index in [0.29, 0.717) is 0 Å². The lowest BCUT2D eigenvalue weighted by Crippen LogP contribution is -2.45. The average molecular weight is 179 g/mol. The Labute approximate surface area is 69.4 Å². The highest BCUT2D eigenvalue weighted by molar-refractivity contribution is 6.60. The molecule has 0 amide bonds. The first-order valence-corrected chi connectivity index (χ1v) is 5.84. The lowest BCUT2D eigenvalue weighted by Gasteiger charge is -2.10. The van der Waals surface area contributed by atoms with E-state index in [4.69, 9.17) is 11.6 Å². The van der Waals surface area contributed by atoms with E-state index in [1.54, 1.807) is 5.54 Å². The van der Waals surface area contributed by atoms with Gasteiger partial charge in [0.15, 0.2) is 0 Å². The average Bonchev–Trinajstić information content (AvgIpc) is 1.90. The van der Waals surface area contributed by atoms with Crippen LogP contribution in [0.5, 0.6) is 0 Å². The Kier molecular flexibility index (Phi) is 7.40. The van der Waals surface area contributed by atoms with Crippen molar-refractivity contribution in [1.82, 2.24) is 9.96 Å². The molecule has 0 rings (SSSR count). The Morgan fingerprint density at radius 2 is 1.80 bits per heavy atom. The fraction of sp³-hybridized carbons (Fsp3) is 0.667. The molecule has 0 atom stereocenters. The lowest BCUT2D eigenvalue weighted by atomic mass is 10.8. The number of hydrogen-bond acceptors (Lipinski definition) is 2. The molecule has 0 spiro atoms. The van der Waals surface area contributed by atoms with Gasteiger partial charge < -0.3 is 9.96 Å². The van der Waals surface area contributed by atoms with Gasteiger partial charge in [0.1, 0.15) is 0 Å². The molecule has 0 radical (unpaired) electrons. The van der Waals surface area contributed by atoms with Crippen molar-refractivity contribution in [2.45, 2.75) is 13.8 Å². The summed E-state index contributed by atoms with van der Waals surface area (Å²) in [6.07, 6.45) is 0. The van der Waals surface area contributed by atoms with Crippen molar-refractivity contribution in [3.05, 3.63) is 11.2 Å². The quantitative estimate of drug-likeness (QED) is 0.607. The van der Waals surface area contributed by atoms with Crippen LogP contribution in [0.3, 0.4) is 0 Å². The summed E-state index contributed by atoms with van der Waals surface area (Å²) in [6.45, 7) is 6.20. The molecule has 0 aromatic heterocycles. The van der Waals surface area contributed by atoms with Crippen LogP contribution < -0.4 is 9.96 Å². The zero-order valence-electron chi connectivity index (χ0n) is 6.52. The van der Waals surface area contributed by atoms with E-state index in [-0.39, 0.29) is 0 Å². The van der Waals surface area contributed by atoms with E-state index in [1.165, 1.54) is 0 Å². The van der Waals surface area contributed by atoms with Crippen LogP contribution in [0.25, 0.3) is 0 Å². The van der Waals surface area contributed by atoms with Crippen molar-refractivity contribution in [1.29, 1.82) is 0 Å². The second-order valence-corrected chi connectivity index (χ2v) is 4.32. The van der Waals surface area contributed by atoms with Crippen LogP contribution in [0.2, 0.25) is 0 Å². The van der Waals surface area contributed by atoms with E-state index >= 15 is 0 Å². The summed E-state index contributed by atoms with van der Waals surface area (Å²) < 4.78 is 0. The van der Waals surface area contributed by atoms with Crippen molar-refractivity contribution in [2.75, 3.05) is 13.1 Å². The molecule has 2 nitrogen and oxygen atoms in total. The Bertz CT molecular complexity index is 91.7. The van der Waals surface area contributed by atoms with Crippen molar-refractivity contribution < 1.29 is 0 Å². The Morgan fingerprint density at radius 1 is 1.30 bits per heavy atom. The van der Waals surface area contributed by atoms with Crippen LogP contribution >= 0.6 is 11.6 Å². The van der Waals surface area contributed by atoms with E-state index in [9.17, 15) is 0 Å². The van der Waals surface area contributed by atoms with Gasteiger partial charge in [0, 0.05) is 0 Å². The third-order valence-corrected chi connectivity index (χ3v) is 3.78. The van der Waals surface area contributed by atoms with Gasteiger partial charge in [0.2, 0.25) is 9.12 Å². The fourth-order valence-corrected chi connectivity index (χ4v) is 2.60. The maximum Gasteiger partial charge on any atom is 0.211 e. The molecule has 0 heterocycles. The van der Waals surface area contributed by atoms with Crippen LogP contribution in [0, 0.1) is 0 Å². The Morgan fingerprint density at radius 3 is 2.10 bits per heavy atom. The Hall–Kier alpha value is 0.167. The van der Waals surface area contributed by atoms with Crippen LogP contribution in [0.15, 0.2) is 11.2 Å². The summed E-state index contributed by atoms with van der Waals surface area (Å²) in [5.74, 6) is 0. The van der Waals surface area contributed by atoms with Crippen LogP contribution in [0.1, 0.15) is 13.8 Å². The van der Waals surface area contributed by atoms with Crippen LogP contribution in [0.4, 0.5) is 0 Å². The number of halogens is 1. The fourth-order valence-electron chi connectivity index (χ4n) is 0.721. The molecule has 0 aliphatic rings. The maximum atomic E-state index is 5.44. The molecule has 0 fully saturated rings. The molecule has 0 bridgehead atoms. The van der Waals surface area contributed by atoms with E-state index in [0.717, 1.165) is 13.1 Å². The van der Waals surface area contributed by atoms with Gasteiger partial charge in [-0.15, -0.1) is 0 Å². The SMILES string of the molecule is CCN[SiH](C=CCl)NCC. The summed E-state index contributed by atoms with van der Waals surface area (Å²) in [5.41, 5.74) is 3.61. The normalized spacial score (nSPS) is 11.6. The minimum Gasteiger partial charge on any atom is -0.325 e. The zero-order chi connectivity index (χ0) is 7.82. The second-order valence-electron chi connectivity index (χ2n) is 1.91. The third-order valence-electron chi connectivity index (χ3n) is 1.11. The molecular formula is C6H15ClN2Si. The minimum atomic E-state index is -1.05. The lowest BCUT2D eigenvalue weighted by molar-refractivity contribution is 0.905. The molecule has 0 aromatic rings. The molecule has 0 unspecified atom stereocenters. The van der Waals surface area contributed by atoms with Crippen molar-refractivity contribution in [2.24, 2.45) is 0 Å². The molecule has 0 aliphatic heterocycles. The van der Waals surface area contributed by atoms with E-state index < -0.39 is 9.12 Å². The molecule has 0 saturated carbocycles. The number of nitrogens with one attached hydrogen (secondary N) is 2. The van der Waals surface area contributed by atoms with Gasteiger partial charge in [0.25, 0.3) is 0 Å². The number of hydrogen-bond donors (Lipinski definition) is 2. The van der Waals surface area contributed by atoms with Gasteiger partial charge in [-0.25, -0.2) is 0 Å². The molecule has 2 N–H and O–H groups in total. The highest BCUT2D eigenvalue weighted by Crippen LogP contribution is 1.80. The standard InChI is InChI=1S/C6H15ClN2Si/c1-3-8-10(6-5-7)9-4-2/h5-6,8-10H,3-4H2,1-2H3. The third kappa shape index (κ3) is 4.99. The summed E-state index contributed by atoms with van der Waals surface area (Å²) in [6, 6.07) is 0. The minimum absolute atomic E-state index is 1.01. The van der Waals surface area contributed by atoms with Gasteiger partial charge >= 0.3 is 0 Å². The monoisotopic (exact) mass is 178 g/mol. The first kappa shape index (κ1) is 10.2. The number of rotatable bonds is 5. The highest BCUT2D eigenvalue weighted by atomic mass is 35.5. The van der Waals surface area contributed by atoms with Gasteiger partial charge in [-0.3, -0.25) is 0 Å². The molecule has 10 heavy (non-hydrogen) atoms. The first-order valence-electron chi connectivity index (χ1n) is 3.58. The van der Waals surface area contributed by atoms with Crippen LogP contribution in [-0.4, -0.2) is 22.2 Å². The topological polar surface area (TPSA) is 24.1 Å². The maximum absolute atomic E-state index is 5.44. The smallest absolute Gasteiger partial charge is 0.211 e. The summed E-state index contributed by atoms with van der Waals surface area (Å²) >= 11 is 5.44. The predicted molar refractivity (Wildman–Crippen MR) is 49.5 cm³/mol. The summed E-state index contributed by atoms with van der Waals surface area (Å²) in [7, 11) is -1.05. The second kappa shape index (κ2) is 7.28. The summed E-state index contributed by atoms with van der Waals surface area (Å²) in [5, 5.41) is 0. The molecular weight excluding hydrogens is 164 g/mol. The Balaban J connectivity index is 3.50. The van der Waals surface area contributed by atoms with Crippen molar-refractivity contribution >= 4 is 20.7 Å².